The number of nitrogens with one attached hydrogen (secondary N) is 1. The van der Waals surface area contributed by atoms with E-state index in [1.165, 1.54) is 29.6 Å². The van der Waals surface area contributed by atoms with Crippen LogP contribution in [0.25, 0.3) is 0 Å². The lowest BCUT2D eigenvalue weighted by molar-refractivity contribution is -0.117. The van der Waals surface area contributed by atoms with Crippen LogP contribution in [0.15, 0.2) is 34.4 Å². The minimum absolute atomic E-state index is 0.136. The molecule has 1 aliphatic heterocycles. The van der Waals surface area contributed by atoms with Crippen LogP contribution in [0.5, 0.6) is 5.75 Å². The molecule has 7 nitrogen and oxygen atoms in total. The monoisotopic (exact) mass is 395 g/mol. The van der Waals surface area contributed by atoms with E-state index in [1.54, 1.807) is 36.7 Å². The van der Waals surface area contributed by atoms with Crippen LogP contribution in [0.1, 0.15) is 18.9 Å². The fraction of sp³-hybridized carbons (Fsp3) is 0.375. The summed E-state index contributed by atoms with van der Waals surface area (Å²) in [6.45, 7) is 2.51. The van der Waals surface area contributed by atoms with E-state index in [4.69, 9.17) is 4.74 Å². The zero-order valence-corrected chi connectivity index (χ0v) is 15.9. The largest absolute Gasteiger partial charge is 0.480 e. The number of aliphatic imine (C=N–C) groups is 1. The quantitative estimate of drug-likeness (QED) is 0.757. The molecule has 0 fully saturated rings. The molecule has 1 aromatic heterocycles. The van der Waals surface area contributed by atoms with Crippen LogP contribution >= 0.6 is 23.5 Å². The molecule has 1 aromatic carbocycles. The molecule has 0 spiro atoms. The molecular weight excluding hydrogens is 377 g/mol. The maximum atomic E-state index is 13.7. The number of carbonyl (C=O) groups excluding carboxylic acids is 1. The van der Waals surface area contributed by atoms with E-state index in [9.17, 15) is 9.18 Å². The number of hydrogen-bond donors (Lipinski definition) is 1. The number of amidine groups is 1. The maximum absolute atomic E-state index is 13.7. The standard InChI is InChI=1S/C16H18FN5O2S2/c1-10(24-12-6-4-3-5-11(12)17)14-20-21-16(22(14)2)26-9-13(23)19-15-18-7-8-25-15/h3-6,10H,7-9H2,1-2H3,(H,18,19,23). The number of benzene rings is 1. The molecule has 26 heavy (non-hydrogen) atoms. The number of aromatic nitrogens is 3. The van der Waals surface area contributed by atoms with Gasteiger partial charge in [0.2, 0.25) is 5.91 Å². The summed E-state index contributed by atoms with van der Waals surface area (Å²) in [6.07, 6.45) is -0.489. The van der Waals surface area contributed by atoms with Crippen molar-refractivity contribution >= 4 is 34.6 Å². The molecule has 10 heteroatoms. The molecule has 1 aliphatic rings. The molecule has 1 atom stereocenters. The van der Waals surface area contributed by atoms with Gasteiger partial charge in [-0.2, -0.15) is 0 Å². The third-order valence-corrected chi connectivity index (χ3v) is 5.45. The van der Waals surface area contributed by atoms with Gasteiger partial charge in [-0.3, -0.25) is 9.79 Å². The second kappa shape index (κ2) is 8.54. The zero-order valence-electron chi connectivity index (χ0n) is 14.3. The number of nitrogens with zero attached hydrogens (tertiary/aromatic N) is 4. The van der Waals surface area contributed by atoms with E-state index in [-0.39, 0.29) is 17.4 Å². The predicted molar refractivity (Wildman–Crippen MR) is 100 cm³/mol. The fourth-order valence-electron chi connectivity index (χ4n) is 2.29. The lowest BCUT2D eigenvalue weighted by atomic mass is 10.3. The first-order valence-electron chi connectivity index (χ1n) is 7.95. The average molecular weight is 395 g/mol. The van der Waals surface area contributed by atoms with Crippen LogP contribution in [0.2, 0.25) is 0 Å². The van der Waals surface area contributed by atoms with Crippen LogP contribution in [0, 0.1) is 5.82 Å². The Morgan fingerprint density at radius 2 is 2.27 bits per heavy atom. The lowest BCUT2D eigenvalue weighted by Crippen LogP contribution is -2.29. The molecule has 0 radical (unpaired) electrons. The molecule has 138 valence electrons. The third kappa shape index (κ3) is 4.55. The fourth-order valence-corrected chi connectivity index (χ4v) is 3.75. The zero-order chi connectivity index (χ0) is 18.5. The summed E-state index contributed by atoms with van der Waals surface area (Å²) in [4.78, 5) is 16.1. The molecule has 0 saturated carbocycles. The predicted octanol–water partition coefficient (Wildman–Crippen LogP) is 2.41. The molecule has 1 amide bonds. The van der Waals surface area contributed by atoms with Crippen LogP contribution in [0.3, 0.4) is 0 Å². The van der Waals surface area contributed by atoms with Gasteiger partial charge in [0, 0.05) is 12.8 Å². The van der Waals surface area contributed by atoms with Gasteiger partial charge >= 0.3 is 0 Å². The average Bonchev–Trinajstić information content (AvgIpc) is 3.25. The Morgan fingerprint density at radius 1 is 1.46 bits per heavy atom. The lowest BCUT2D eigenvalue weighted by Gasteiger charge is -2.14. The van der Waals surface area contributed by atoms with E-state index in [0.717, 1.165) is 12.3 Å². The number of halogens is 1. The van der Waals surface area contributed by atoms with Crippen molar-refractivity contribution in [2.24, 2.45) is 12.0 Å². The molecule has 0 saturated heterocycles. The molecule has 3 rings (SSSR count). The first-order chi connectivity index (χ1) is 12.5. The number of rotatable bonds is 6. The Kier molecular flexibility index (Phi) is 6.15. The number of thioether (sulfide) groups is 2. The van der Waals surface area contributed by atoms with E-state index >= 15 is 0 Å². The third-order valence-electron chi connectivity index (χ3n) is 3.54. The molecule has 0 aliphatic carbocycles. The van der Waals surface area contributed by atoms with Crippen molar-refractivity contribution in [3.05, 3.63) is 35.9 Å². The number of ether oxygens (including phenoxy) is 1. The second-order valence-corrected chi connectivity index (χ2v) is 7.49. The Labute approximate surface area is 158 Å². The van der Waals surface area contributed by atoms with Crippen molar-refractivity contribution < 1.29 is 13.9 Å². The van der Waals surface area contributed by atoms with Gasteiger partial charge in [-0.25, -0.2) is 4.39 Å². The van der Waals surface area contributed by atoms with Crippen molar-refractivity contribution in [3.63, 3.8) is 0 Å². The van der Waals surface area contributed by atoms with Gasteiger partial charge in [-0.15, -0.1) is 10.2 Å². The maximum Gasteiger partial charge on any atom is 0.236 e. The highest BCUT2D eigenvalue weighted by Crippen LogP contribution is 2.25. The van der Waals surface area contributed by atoms with E-state index in [1.807, 2.05) is 0 Å². The summed E-state index contributed by atoms with van der Waals surface area (Å²) in [5.41, 5.74) is 0. The van der Waals surface area contributed by atoms with Gasteiger partial charge in [0.1, 0.15) is 0 Å². The van der Waals surface area contributed by atoms with Crippen molar-refractivity contribution in [1.29, 1.82) is 0 Å². The Balaban J connectivity index is 1.58. The Morgan fingerprint density at radius 3 is 3.00 bits per heavy atom. The molecular formula is C16H18FN5O2S2. The topological polar surface area (TPSA) is 81.4 Å². The van der Waals surface area contributed by atoms with Gasteiger partial charge in [-0.05, 0) is 19.1 Å². The first kappa shape index (κ1) is 18.7. The molecule has 1 N–H and O–H groups in total. The van der Waals surface area contributed by atoms with Crippen molar-refractivity contribution in [2.45, 2.75) is 18.2 Å². The molecule has 2 heterocycles. The molecule has 0 bridgehead atoms. The SMILES string of the molecule is CC(Oc1ccccc1F)c1nnc(SCC(=O)NC2=NCCS2)n1C. The van der Waals surface area contributed by atoms with Crippen molar-refractivity contribution in [3.8, 4) is 5.75 Å². The van der Waals surface area contributed by atoms with Gasteiger partial charge in [-0.1, -0.05) is 35.7 Å². The van der Waals surface area contributed by atoms with Gasteiger partial charge in [0.05, 0.1) is 12.3 Å². The van der Waals surface area contributed by atoms with E-state index < -0.39 is 11.9 Å². The minimum atomic E-state index is -0.489. The number of para-hydroxylation sites is 1. The smallest absolute Gasteiger partial charge is 0.236 e. The summed E-state index contributed by atoms with van der Waals surface area (Å²) >= 11 is 2.80. The van der Waals surface area contributed by atoms with Crippen LogP contribution < -0.4 is 10.1 Å². The second-order valence-electron chi connectivity index (χ2n) is 5.46. The number of hydrogen-bond acceptors (Lipinski definition) is 7. The number of amides is 1. The van der Waals surface area contributed by atoms with Crippen LogP contribution in [0.4, 0.5) is 4.39 Å². The van der Waals surface area contributed by atoms with Gasteiger partial charge < -0.3 is 14.6 Å². The summed E-state index contributed by atoms with van der Waals surface area (Å²) in [7, 11) is 1.79. The highest BCUT2D eigenvalue weighted by atomic mass is 32.2. The summed E-state index contributed by atoms with van der Waals surface area (Å²) in [5, 5.41) is 12.2. The highest BCUT2D eigenvalue weighted by molar-refractivity contribution is 8.14. The van der Waals surface area contributed by atoms with Gasteiger partial charge in [0.15, 0.2) is 33.8 Å². The summed E-state index contributed by atoms with van der Waals surface area (Å²) < 4.78 is 21.1. The van der Waals surface area contributed by atoms with Gasteiger partial charge in [0.25, 0.3) is 0 Å². The summed E-state index contributed by atoms with van der Waals surface area (Å²) in [5.74, 6) is 1.24. The normalized spacial score (nSPS) is 14.8. The first-order valence-corrected chi connectivity index (χ1v) is 9.92. The van der Waals surface area contributed by atoms with E-state index in [0.29, 0.717) is 16.1 Å². The Hall–Kier alpha value is -2.07. The Bertz CT molecular complexity index is 827. The van der Waals surface area contributed by atoms with Crippen LogP contribution in [-0.2, 0) is 11.8 Å². The molecule has 1 unspecified atom stereocenters. The minimum Gasteiger partial charge on any atom is -0.480 e. The molecule has 2 aromatic rings. The number of carbonyl (C=O) groups is 1. The summed E-state index contributed by atoms with van der Waals surface area (Å²) in [6, 6.07) is 6.21. The van der Waals surface area contributed by atoms with Crippen LogP contribution in [-0.4, -0.2) is 43.9 Å². The van der Waals surface area contributed by atoms with Crippen molar-refractivity contribution in [1.82, 2.24) is 20.1 Å². The van der Waals surface area contributed by atoms with E-state index in [2.05, 4.69) is 20.5 Å². The highest BCUT2D eigenvalue weighted by Gasteiger charge is 2.19. The van der Waals surface area contributed by atoms with Crippen molar-refractivity contribution in [2.75, 3.05) is 18.1 Å².